The van der Waals surface area contributed by atoms with E-state index in [9.17, 15) is 9.90 Å². The molecule has 1 heterocycles. The highest BCUT2D eigenvalue weighted by molar-refractivity contribution is 5.56. The largest absolute Gasteiger partial charge is 0.508 e. The molecule has 1 saturated heterocycles. The number of rotatable bonds is 4. The van der Waals surface area contributed by atoms with Crippen molar-refractivity contribution in [3.63, 3.8) is 0 Å². The van der Waals surface area contributed by atoms with Crippen LogP contribution in [-0.2, 0) is 11.2 Å². The summed E-state index contributed by atoms with van der Waals surface area (Å²) in [6, 6.07) is 22.0. The van der Waals surface area contributed by atoms with Gasteiger partial charge in [-0.3, -0.25) is 0 Å². The van der Waals surface area contributed by atoms with E-state index in [2.05, 4.69) is 35.2 Å². The molecule has 3 nitrogen and oxygen atoms in total. The van der Waals surface area contributed by atoms with Crippen molar-refractivity contribution in [3.05, 3.63) is 94.8 Å². The van der Waals surface area contributed by atoms with Crippen molar-refractivity contribution in [1.29, 1.82) is 0 Å². The van der Waals surface area contributed by atoms with Gasteiger partial charge in [-0.25, -0.2) is 4.39 Å². The molecule has 3 aromatic rings. The van der Waals surface area contributed by atoms with E-state index in [-0.39, 0.29) is 29.3 Å². The van der Waals surface area contributed by atoms with Crippen molar-refractivity contribution in [2.24, 2.45) is 11.3 Å². The lowest BCUT2D eigenvalue weighted by atomic mass is 9.58. The number of phenols is 1. The van der Waals surface area contributed by atoms with Crippen molar-refractivity contribution in [3.8, 4) is 5.75 Å². The third-order valence-electron chi connectivity index (χ3n) is 8.89. The molecule has 6 rings (SSSR count). The fourth-order valence-electron chi connectivity index (χ4n) is 7.03. The minimum absolute atomic E-state index is 0.0465. The molecule has 0 bridgehead atoms. The van der Waals surface area contributed by atoms with Gasteiger partial charge in [-0.05, 0) is 96.4 Å². The number of hydrogen-bond acceptors (Lipinski definition) is 3. The normalized spacial score (nSPS) is 23.5. The number of piperidine rings is 1. The van der Waals surface area contributed by atoms with Crippen LogP contribution in [0.25, 0.3) is 0 Å². The van der Waals surface area contributed by atoms with E-state index in [1.807, 2.05) is 24.3 Å². The first-order valence-corrected chi connectivity index (χ1v) is 12.9. The summed E-state index contributed by atoms with van der Waals surface area (Å²) >= 11 is 0. The maximum absolute atomic E-state index is 15.6. The molecular formula is C31H32FNO2. The first-order valence-electron chi connectivity index (χ1n) is 12.9. The highest BCUT2D eigenvalue weighted by Gasteiger charge is 2.45. The maximum atomic E-state index is 15.6. The Bertz CT molecular complexity index is 1220. The minimum atomic E-state index is -0.157. The van der Waals surface area contributed by atoms with Crippen molar-refractivity contribution in [2.45, 2.75) is 50.4 Å². The molecule has 1 aliphatic heterocycles. The Morgan fingerprint density at radius 1 is 0.943 bits per heavy atom. The van der Waals surface area contributed by atoms with Crippen LogP contribution in [0.2, 0.25) is 0 Å². The lowest BCUT2D eigenvalue weighted by Crippen LogP contribution is -2.47. The summed E-state index contributed by atoms with van der Waals surface area (Å²) in [5.74, 6) is 0.671. The number of aromatic hydroxyl groups is 1. The standard InChI is InChI=1S/C31H32FNO2/c32-28-17-24(7-11-29(28)33-14-12-31(13-15-33)18-21(19-31)20-34)30-26(22-4-2-1-3-5-22)9-6-23-16-25(35)8-10-27(23)30/h1-5,7-8,10-11,16-17,20-21,26,30,35H,6,9,12-15,18-19H2/t26-,30+/m1/s1. The first kappa shape index (κ1) is 22.3. The summed E-state index contributed by atoms with van der Waals surface area (Å²) in [6.07, 6.45) is 7.05. The highest BCUT2D eigenvalue weighted by Crippen LogP contribution is 2.52. The third kappa shape index (κ3) is 4.03. The van der Waals surface area contributed by atoms with Crippen LogP contribution in [0.4, 0.5) is 10.1 Å². The molecule has 3 aliphatic rings. The van der Waals surface area contributed by atoms with Crippen LogP contribution in [0.5, 0.6) is 5.75 Å². The second-order valence-corrected chi connectivity index (χ2v) is 10.9. The molecule has 180 valence electrons. The zero-order chi connectivity index (χ0) is 24.0. The van der Waals surface area contributed by atoms with E-state index < -0.39 is 0 Å². The van der Waals surface area contributed by atoms with Gasteiger partial charge >= 0.3 is 0 Å². The van der Waals surface area contributed by atoms with Gasteiger partial charge in [0.25, 0.3) is 0 Å². The molecule has 0 amide bonds. The zero-order valence-electron chi connectivity index (χ0n) is 20.0. The average molecular weight is 470 g/mol. The molecule has 2 aliphatic carbocycles. The van der Waals surface area contributed by atoms with E-state index in [0.717, 1.165) is 69.0 Å². The van der Waals surface area contributed by atoms with Crippen molar-refractivity contribution in [1.82, 2.24) is 0 Å². The number of halogens is 1. The fraction of sp³-hybridized carbons (Fsp3) is 0.387. The maximum Gasteiger partial charge on any atom is 0.146 e. The van der Waals surface area contributed by atoms with Crippen LogP contribution in [0, 0.1) is 17.2 Å². The summed E-state index contributed by atoms with van der Waals surface area (Å²) in [6.45, 7) is 1.69. The number of nitrogens with zero attached hydrogens (tertiary/aromatic N) is 1. The molecule has 35 heavy (non-hydrogen) atoms. The quantitative estimate of drug-likeness (QED) is 0.438. The topological polar surface area (TPSA) is 40.5 Å². The van der Waals surface area contributed by atoms with Crippen LogP contribution >= 0.6 is 0 Å². The number of aryl methyl sites for hydroxylation is 1. The molecule has 4 heteroatoms. The molecule has 2 atom stereocenters. The first-order chi connectivity index (χ1) is 17.0. The number of carbonyl (C=O) groups excluding carboxylic acids is 1. The van der Waals surface area contributed by atoms with Gasteiger partial charge in [-0.2, -0.15) is 0 Å². The summed E-state index contributed by atoms with van der Waals surface area (Å²) in [4.78, 5) is 13.2. The molecule has 0 aromatic heterocycles. The van der Waals surface area contributed by atoms with Crippen molar-refractivity contribution < 1.29 is 14.3 Å². The van der Waals surface area contributed by atoms with E-state index >= 15 is 4.39 Å². The van der Waals surface area contributed by atoms with Crippen LogP contribution < -0.4 is 4.90 Å². The number of hydrogen-bond donors (Lipinski definition) is 1. The Balaban J connectivity index is 1.29. The molecule has 1 N–H and O–H groups in total. The van der Waals surface area contributed by atoms with E-state index in [1.54, 1.807) is 12.1 Å². The Hall–Kier alpha value is -3.14. The van der Waals surface area contributed by atoms with Crippen molar-refractivity contribution in [2.75, 3.05) is 18.0 Å². The number of benzene rings is 3. The Labute approximate surface area is 206 Å². The lowest BCUT2D eigenvalue weighted by Gasteiger charge is -2.51. The molecule has 1 spiro atoms. The molecule has 0 radical (unpaired) electrons. The SMILES string of the molecule is O=CC1CC2(CCN(c3ccc([C@@H]4c5ccc(O)cc5CC[C@@H]4c4ccccc4)cc3F)CC2)C1. The molecule has 1 saturated carbocycles. The average Bonchev–Trinajstić information content (AvgIpc) is 2.87. The second kappa shape index (κ2) is 8.82. The van der Waals surface area contributed by atoms with Gasteiger partial charge in [0.15, 0.2) is 0 Å². The number of fused-ring (bicyclic) bond motifs is 1. The molecule has 2 fully saturated rings. The number of phenolic OH excluding ortho intramolecular Hbond substituents is 1. The summed E-state index contributed by atoms with van der Waals surface area (Å²) in [5.41, 5.74) is 5.60. The number of carbonyl (C=O) groups is 1. The predicted molar refractivity (Wildman–Crippen MR) is 137 cm³/mol. The van der Waals surface area contributed by atoms with Gasteiger partial charge in [0.05, 0.1) is 5.69 Å². The lowest BCUT2D eigenvalue weighted by molar-refractivity contribution is -0.118. The summed E-state index contributed by atoms with van der Waals surface area (Å²) in [7, 11) is 0. The van der Waals surface area contributed by atoms with Gasteiger partial charge in [0, 0.05) is 24.9 Å². The summed E-state index contributed by atoms with van der Waals surface area (Å²) in [5, 5.41) is 10.1. The summed E-state index contributed by atoms with van der Waals surface area (Å²) < 4.78 is 15.6. The van der Waals surface area contributed by atoms with Crippen LogP contribution in [0.3, 0.4) is 0 Å². The second-order valence-electron chi connectivity index (χ2n) is 10.9. The number of aldehydes is 1. The Kier molecular flexibility index (Phi) is 5.63. The molecular weight excluding hydrogens is 437 g/mol. The van der Waals surface area contributed by atoms with Crippen LogP contribution in [0.15, 0.2) is 66.7 Å². The fourth-order valence-corrected chi connectivity index (χ4v) is 7.03. The Morgan fingerprint density at radius 2 is 1.71 bits per heavy atom. The van der Waals surface area contributed by atoms with E-state index in [1.165, 1.54) is 11.1 Å². The monoisotopic (exact) mass is 469 g/mol. The third-order valence-corrected chi connectivity index (χ3v) is 8.89. The number of anilines is 1. The van der Waals surface area contributed by atoms with Gasteiger partial charge in [0.1, 0.15) is 17.9 Å². The molecule has 3 aromatic carbocycles. The van der Waals surface area contributed by atoms with Crippen molar-refractivity contribution >= 4 is 12.0 Å². The molecule has 0 unspecified atom stereocenters. The Morgan fingerprint density at radius 3 is 2.43 bits per heavy atom. The van der Waals surface area contributed by atoms with Gasteiger partial charge in [0.2, 0.25) is 0 Å². The minimum Gasteiger partial charge on any atom is -0.508 e. The van der Waals surface area contributed by atoms with Gasteiger partial charge in [-0.1, -0.05) is 42.5 Å². The van der Waals surface area contributed by atoms with E-state index in [4.69, 9.17) is 0 Å². The van der Waals surface area contributed by atoms with Crippen LogP contribution in [0.1, 0.15) is 66.2 Å². The van der Waals surface area contributed by atoms with Gasteiger partial charge in [-0.15, -0.1) is 0 Å². The van der Waals surface area contributed by atoms with E-state index in [0.29, 0.717) is 11.1 Å². The smallest absolute Gasteiger partial charge is 0.146 e. The van der Waals surface area contributed by atoms with Crippen LogP contribution in [-0.4, -0.2) is 24.5 Å². The predicted octanol–water partition coefficient (Wildman–Crippen LogP) is 6.59. The van der Waals surface area contributed by atoms with Gasteiger partial charge < -0.3 is 14.8 Å². The highest BCUT2D eigenvalue weighted by atomic mass is 19.1. The zero-order valence-corrected chi connectivity index (χ0v) is 20.0.